The molecule has 0 fully saturated rings. The number of carboxylic acid groups (broad SMARTS) is 1. The van der Waals surface area contributed by atoms with Crippen LogP contribution in [0, 0.1) is 0 Å². The number of likely N-dealkylation sites (N-methyl/N-ethyl adjacent to an activating group) is 1. The van der Waals surface area contributed by atoms with Crippen LogP contribution in [-0.4, -0.2) is 50.0 Å². The maximum atomic E-state index is 12.1. The van der Waals surface area contributed by atoms with Crippen molar-refractivity contribution in [3.63, 3.8) is 0 Å². The summed E-state index contributed by atoms with van der Waals surface area (Å²) in [6.07, 6.45) is 0. The fourth-order valence-electron chi connectivity index (χ4n) is 1.42. The molecule has 1 N–H and O–H groups in total. The van der Waals surface area contributed by atoms with Crippen molar-refractivity contribution in [2.45, 2.75) is 11.8 Å². The molecule has 0 amide bonds. The molecule has 8 heteroatoms. The Kier molecular flexibility index (Phi) is 5.23. The topological polar surface area (TPSA) is 101 Å². The summed E-state index contributed by atoms with van der Waals surface area (Å²) in [5.41, 5.74) is -0.0167. The summed E-state index contributed by atoms with van der Waals surface area (Å²) >= 11 is 0. The second-order valence-electron chi connectivity index (χ2n) is 3.90. The standard InChI is InChI=1S/C12H15NO6S/c1-3-19-11(14)8-13(2)20(17,18)10-6-4-9(5-7-10)12(15)16/h4-7H,3,8H2,1-2H3,(H,15,16). The number of carbonyl (C=O) groups excluding carboxylic acids is 1. The Labute approximate surface area is 116 Å². The van der Waals surface area contributed by atoms with E-state index in [1.807, 2.05) is 0 Å². The number of ether oxygens (including phenoxy) is 1. The third-order valence-electron chi connectivity index (χ3n) is 2.47. The van der Waals surface area contributed by atoms with Gasteiger partial charge in [-0.2, -0.15) is 4.31 Å². The number of esters is 1. The molecule has 0 unspecified atom stereocenters. The van der Waals surface area contributed by atoms with Crippen LogP contribution in [0.15, 0.2) is 29.2 Å². The molecule has 1 rings (SSSR count). The molecule has 110 valence electrons. The van der Waals surface area contributed by atoms with Crippen LogP contribution < -0.4 is 0 Å². The second kappa shape index (κ2) is 6.49. The van der Waals surface area contributed by atoms with Crippen LogP contribution >= 0.6 is 0 Å². The Balaban J connectivity index is 2.92. The third-order valence-corrected chi connectivity index (χ3v) is 4.28. The molecule has 0 bridgehead atoms. The lowest BCUT2D eigenvalue weighted by Crippen LogP contribution is -2.33. The van der Waals surface area contributed by atoms with E-state index < -0.39 is 28.5 Å². The Bertz CT molecular complexity index is 593. The smallest absolute Gasteiger partial charge is 0.335 e. The van der Waals surface area contributed by atoms with Gasteiger partial charge in [0.15, 0.2) is 0 Å². The summed E-state index contributed by atoms with van der Waals surface area (Å²) in [7, 11) is -2.61. The number of carboxylic acids is 1. The summed E-state index contributed by atoms with van der Waals surface area (Å²) in [5.74, 6) is -1.80. The van der Waals surface area contributed by atoms with Gasteiger partial charge < -0.3 is 9.84 Å². The van der Waals surface area contributed by atoms with Crippen molar-refractivity contribution in [3.05, 3.63) is 29.8 Å². The minimum Gasteiger partial charge on any atom is -0.478 e. The van der Waals surface area contributed by atoms with Gasteiger partial charge in [0, 0.05) is 7.05 Å². The van der Waals surface area contributed by atoms with Crippen molar-refractivity contribution in [2.75, 3.05) is 20.2 Å². The van der Waals surface area contributed by atoms with E-state index in [-0.39, 0.29) is 17.1 Å². The summed E-state index contributed by atoms with van der Waals surface area (Å²) in [6.45, 7) is 1.38. The molecule has 0 radical (unpaired) electrons. The molecule has 0 saturated carbocycles. The lowest BCUT2D eigenvalue weighted by atomic mass is 10.2. The minimum atomic E-state index is -3.86. The highest BCUT2D eigenvalue weighted by molar-refractivity contribution is 7.89. The molecule has 0 saturated heterocycles. The maximum Gasteiger partial charge on any atom is 0.335 e. The van der Waals surface area contributed by atoms with Crippen molar-refractivity contribution in [1.29, 1.82) is 0 Å². The zero-order valence-corrected chi connectivity index (χ0v) is 11.9. The van der Waals surface area contributed by atoms with Crippen molar-refractivity contribution < 1.29 is 27.9 Å². The zero-order valence-electron chi connectivity index (χ0n) is 11.1. The zero-order chi connectivity index (χ0) is 15.3. The molecule has 7 nitrogen and oxygen atoms in total. The Morgan fingerprint density at radius 2 is 1.80 bits per heavy atom. The fraction of sp³-hybridized carbons (Fsp3) is 0.333. The van der Waals surface area contributed by atoms with Gasteiger partial charge in [-0.05, 0) is 31.2 Å². The Morgan fingerprint density at radius 1 is 1.25 bits per heavy atom. The molecular formula is C12H15NO6S. The summed E-state index contributed by atoms with van der Waals surface area (Å²) in [4.78, 5) is 21.9. The normalized spacial score (nSPS) is 11.3. The van der Waals surface area contributed by atoms with Crippen LogP contribution in [0.25, 0.3) is 0 Å². The lowest BCUT2D eigenvalue weighted by Gasteiger charge is -2.16. The van der Waals surface area contributed by atoms with Crippen LogP contribution in [0.5, 0.6) is 0 Å². The van der Waals surface area contributed by atoms with E-state index in [0.29, 0.717) is 0 Å². The molecule has 1 aromatic rings. The molecular weight excluding hydrogens is 286 g/mol. The van der Waals surface area contributed by atoms with Crippen molar-refractivity contribution in [2.24, 2.45) is 0 Å². The molecule has 0 aliphatic rings. The number of carbonyl (C=O) groups is 2. The van der Waals surface area contributed by atoms with E-state index in [1.165, 1.54) is 31.3 Å². The number of rotatable bonds is 6. The summed E-state index contributed by atoms with van der Waals surface area (Å²) < 4.78 is 29.8. The van der Waals surface area contributed by atoms with Gasteiger partial charge in [-0.15, -0.1) is 0 Å². The number of sulfonamides is 1. The fourth-order valence-corrected chi connectivity index (χ4v) is 2.54. The average Bonchev–Trinajstić information content (AvgIpc) is 2.38. The molecule has 0 spiro atoms. The largest absolute Gasteiger partial charge is 0.478 e. The van der Waals surface area contributed by atoms with E-state index in [4.69, 9.17) is 5.11 Å². The van der Waals surface area contributed by atoms with Gasteiger partial charge in [-0.3, -0.25) is 4.79 Å². The third kappa shape index (κ3) is 3.78. The molecule has 0 atom stereocenters. The lowest BCUT2D eigenvalue weighted by molar-refractivity contribution is -0.143. The van der Waals surface area contributed by atoms with Gasteiger partial charge in [0.25, 0.3) is 0 Å². The van der Waals surface area contributed by atoms with Gasteiger partial charge in [-0.25, -0.2) is 13.2 Å². The predicted octanol–water partition coefficient (Wildman–Crippen LogP) is 0.568. The molecule has 0 heterocycles. The highest BCUT2D eigenvalue weighted by Gasteiger charge is 2.23. The van der Waals surface area contributed by atoms with Crippen LogP contribution in [-0.2, 0) is 19.6 Å². The Morgan fingerprint density at radius 3 is 2.25 bits per heavy atom. The molecule has 0 aromatic heterocycles. The quantitative estimate of drug-likeness (QED) is 0.771. The SMILES string of the molecule is CCOC(=O)CN(C)S(=O)(=O)c1ccc(C(=O)O)cc1. The van der Waals surface area contributed by atoms with Gasteiger partial charge in [-0.1, -0.05) is 0 Å². The number of nitrogens with zero attached hydrogens (tertiary/aromatic N) is 1. The van der Waals surface area contributed by atoms with Gasteiger partial charge in [0.1, 0.15) is 6.54 Å². The van der Waals surface area contributed by atoms with Crippen LogP contribution in [0.2, 0.25) is 0 Å². The van der Waals surface area contributed by atoms with E-state index in [9.17, 15) is 18.0 Å². The molecule has 0 aliphatic carbocycles. The van der Waals surface area contributed by atoms with Crippen molar-refractivity contribution in [3.8, 4) is 0 Å². The minimum absolute atomic E-state index is 0.0167. The number of hydrogen-bond acceptors (Lipinski definition) is 5. The highest BCUT2D eigenvalue weighted by Crippen LogP contribution is 2.15. The first kappa shape index (κ1) is 16.1. The van der Waals surface area contributed by atoms with Gasteiger partial charge >= 0.3 is 11.9 Å². The predicted molar refractivity (Wildman–Crippen MR) is 69.9 cm³/mol. The summed E-state index contributed by atoms with van der Waals surface area (Å²) in [6, 6.07) is 4.74. The second-order valence-corrected chi connectivity index (χ2v) is 5.94. The van der Waals surface area contributed by atoms with Crippen LogP contribution in [0.3, 0.4) is 0 Å². The number of aromatic carboxylic acids is 1. The first-order chi connectivity index (χ1) is 9.28. The Hall–Kier alpha value is -1.93. The highest BCUT2D eigenvalue weighted by atomic mass is 32.2. The maximum absolute atomic E-state index is 12.1. The molecule has 1 aromatic carbocycles. The summed E-state index contributed by atoms with van der Waals surface area (Å²) in [5, 5.41) is 8.74. The van der Waals surface area contributed by atoms with Gasteiger partial charge in [0.2, 0.25) is 10.0 Å². The van der Waals surface area contributed by atoms with Crippen LogP contribution in [0.1, 0.15) is 17.3 Å². The number of hydrogen-bond donors (Lipinski definition) is 1. The first-order valence-electron chi connectivity index (χ1n) is 5.74. The monoisotopic (exact) mass is 301 g/mol. The van der Waals surface area contributed by atoms with E-state index in [2.05, 4.69) is 4.74 Å². The number of benzene rings is 1. The van der Waals surface area contributed by atoms with E-state index in [0.717, 1.165) is 4.31 Å². The molecule has 20 heavy (non-hydrogen) atoms. The van der Waals surface area contributed by atoms with E-state index in [1.54, 1.807) is 6.92 Å². The van der Waals surface area contributed by atoms with Crippen molar-refractivity contribution in [1.82, 2.24) is 4.31 Å². The van der Waals surface area contributed by atoms with Crippen LogP contribution in [0.4, 0.5) is 0 Å². The van der Waals surface area contributed by atoms with E-state index >= 15 is 0 Å². The van der Waals surface area contributed by atoms with Crippen molar-refractivity contribution >= 4 is 22.0 Å². The molecule has 0 aliphatic heterocycles. The van der Waals surface area contributed by atoms with Gasteiger partial charge in [0.05, 0.1) is 17.1 Å². The first-order valence-corrected chi connectivity index (χ1v) is 7.18. The average molecular weight is 301 g/mol.